The van der Waals surface area contributed by atoms with Crippen LogP contribution in [0, 0.1) is 0 Å². The summed E-state index contributed by atoms with van der Waals surface area (Å²) < 4.78 is 9.24. The predicted octanol–water partition coefficient (Wildman–Crippen LogP) is 1.34. The molecule has 3 heterocycles. The number of carbonyl (C=O) groups excluding carboxylic acids is 1. The van der Waals surface area contributed by atoms with Gasteiger partial charge in [-0.05, 0) is 24.6 Å². The van der Waals surface area contributed by atoms with E-state index in [1.165, 1.54) is 17.2 Å². The van der Waals surface area contributed by atoms with Crippen LogP contribution in [0.1, 0.15) is 18.2 Å². The van der Waals surface area contributed by atoms with Gasteiger partial charge in [0.2, 0.25) is 5.91 Å². The molecule has 30 heavy (non-hydrogen) atoms. The van der Waals surface area contributed by atoms with Crippen molar-refractivity contribution in [3.63, 3.8) is 0 Å². The first-order valence-electron chi connectivity index (χ1n) is 9.60. The summed E-state index contributed by atoms with van der Waals surface area (Å²) in [5.74, 6) is 0.121. The van der Waals surface area contributed by atoms with Crippen LogP contribution in [0.4, 0.5) is 0 Å². The fourth-order valence-corrected chi connectivity index (χ4v) is 3.32. The van der Waals surface area contributed by atoms with Crippen molar-refractivity contribution in [2.24, 2.45) is 0 Å². The molecule has 1 amide bonds. The Morgan fingerprint density at radius 1 is 1.10 bits per heavy atom. The third-order valence-corrected chi connectivity index (χ3v) is 4.85. The van der Waals surface area contributed by atoms with Crippen LogP contribution in [0.2, 0.25) is 0 Å². The Balaban J connectivity index is 1.74. The van der Waals surface area contributed by atoms with Crippen molar-refractivity contribution >= 4 is 17.1 Å². The number of amides is 1. The number of carbonyl (C=O) groups is 1. The quantitative estimate of drug-likeness (QED) is 0.498. The molecule has 4 rings (SSSR count). The molecule has 0 aliphatic carbocycles. The van der Waals surface area contributed by atoms with Crippen molar-refractivity contribution in [1.82, 2.24) is 24.0 Å². The van der Waals surface area contributed by atoms with Gasteiger partial charge in [-0.3, -0.25) is 14.2 Å². The largest absolute Gasteiger partial charge is 0.467 e. The van der Waals surface area contributed by atoms with Gasteiger partial charge in [0, 0.05) is 6.54 Å². The average molecular weight is 407 g/mol. The summed E-state index contributed by atoms with van der Waals surface area (Å²) in [5, 5.41) is 2.66. The van der Waals surface area contributed by atoms with Crippen molar-refractivity contribution in [3.05, 3.63) is 87.2 Å². The number of aryl methyl sites for hydroxylation is 1. The van der Waals surface area contributed by atoms with Crippen LogP contribution in [0.25, 0.3) is 11.2 Å². The number of nitrogens with one attached hydrogen (secondary N) is 1. The van der Waals surface area contributed by atoms with E-state index in [2.05, 4.69) is 10.3 Å². The second kappa shape index (κ2) is 8.24. The molecule has 0 aliphatic heterocycles. The van der Waals surface area contributed by atoms with E-state index in [9.17, 15) is 14.4 Å². The third kappa shape index (κ3) is 3.69. The van der Waals surface area contributed by atoms with E-state index in [0.29, 0.717) is 23.5 Å². The number of benzene rings is 1. The first-order chi connectivity index (χ1) is 14.6. The fraction of sp³-hybridized carbons (Fsp3) is 0.238. The number of hydrogen-bond donors (Lipinski definition) is 1. The van der Waals surface area contributed by atoms with Gasteiger partial charge in [-0.25, -0.2) is 14.3 Å². The minimum atomic E-state index is -0.578. The van der Waals surface area contributed by atoms with Gasteiger partial charge in [-0.15, -0.1) is 0 Å². The van der Waals surface area contributed by atoms with Crippen LogP contribution in [0.3, 0.4) is 0 Å². The number of nitrogens with zero attached hydrogens (tertiary/aromatic N) is 4. The van der Waals surface area contributed by atoms with Gasteiger partial charge in [-0.1, -0.05) is 30.3 Å². The SMILES string of the molecule is CCn1cnc2c1c(=O)n(CC(=O)NCc1ccco1)c(=O)n2Cc1ccccc1. The molecular weight excluding hydrogens is 386 g/mol. The molecule has 9 nitrogen and oxygen atoms in total. The van der Waals surface area contributed by atoms with E-state index in [1.807, 2.05) is 37.3 Å². The summed E-state index contributed by atoms with van der Waals surface area (Å²) in [6, 6.07) is 12.9. The van der Waals surface area contributed by atoms with Crippen LogP contribution >= 0.6 is 0 Å². The predicted molar refractivity (Wildman–Crippen MR) is 110 cm³/mol. The molecule has 0 radical (unpaired) electrons. The lowest BCUT2D eigenvalue weighted by atomic mass is 10.2. The van der Waals surface area contributed by atoms with E-state index in [0.717, 1.165) is 10.1 Å². The van der Waals surface area contributed by atoms with Crippen LogP contribution in [0.5, 0.6) is 0 Å². The number of hydrogen-bond acceptors (Lipinski definition) is 5. The van der Waals surface area contributed by atoms with Gasteiger partial charge in [0.1, 0.15) is 12.3 Å². The van der Waals surface area contributed by atoms with Gasteiger partial charge < -0.3 is 14.3 Å². The summed E-state index contributed by atoms with van der Waals surface area (Å²) in [4.78, 5) is 42.9. The van der Waals surface area contributed by atoms with Gasteiger partial charge in [0.15, 0.2) is 11.2 Å². The standard InChI is InChI=1S/C21H21N5O4/c1-2-24-14-23-19-18(24)20(28)26(13-17(27)22-11-16-9-6-10-30-16)21(29)25(19)12-15-7-4-3-5-8-15/h3-10,14H,2,11-13H2,1H3,(H,22,27). The number of fused-ring (bicyclic) bond motifs is 1. The molecule has 0 atom stereocenters. The summed E-state index contributed by atoms with van der Waals surface area (Å²) in [5.41, 5.74) is 0.381. The highest BCUT2D eigenvalue weighted by atomic mass is 16.3. The zero-order valence-corrected chi connectivity index (χ0v) is 16.4. The van der Waals surface area contributed by atoms with Gasteiger partial charge >= 0.3 is 5.69 Å². The van der Waals surface area contributed by atoms with Crippen LogP contribution in [-0.2, 0) is 31.0 Å². The number of imidazole rings is 1. The maximum absolute atomic E-state index is 13.2. The third-order valence-electron chi connectivity index (χ3n) is 4.85. The maximum atomic E-state index is 13.2. The highest BCUT2D eigenvalue weighted by Gasteiger charge is 2.19. The number of furan rings is 1. The molecule has 3 aromatic heterocycles. The molecule has 0 fully saturated rings. The van der Waals surface area contributed by atoms with E-state index in [1.54, 1.807) is 16.7 Å². The lowest BCUT2D eigenvalue weighted by molar-refractivity contribution is -0.122. The smallest absolute Gasteiger partial charge is 0.333 e. The Labute approximate surface area is 171 Å². The van der Waals surface area contributed by atoms with E-state index in [4.69, 9.17) is 4.42 Å². The monoisotopic (exact) mass is 407 g/mol. The first kappa shape index (κ1) is 19.4. The normalized spacial score (nSPS) is 11.1. The Kier molecular flexibility index (Phi) is 5.34. The Morgan fingerprint density at radius 2 is 1.90 bits per heavy atom. The molecule has 0 unspecified atom stereocenters. The molecule has 0 spiro atoms. The van der Waals surface area contributed by atoms with Gasteiger partial charge in [0.05, 0.1) is 25.7 Å². The fourth-order valence-electron chi connectivity index (χ4n) is 3.32. The molecule has 1 N–H and O–H groups in total. The lowest BCUT2D eigenvalue weighted by Gasteiger charge is -2.12. The van der Waals surface area contributed by atoms with Crippen molar-refractivity contribution in [3.8, 4) is 0 Å². The van der Waals surface area contributed by atoms with Crippen LogP contribution in [0.15, 0.2) is 69.1 Å². The summed E-state index contributed by atoms with van der Waals surface area (Å²) in [7, 11) is 0. The lowest BCUT2D eigenvalue weighted by Crippen LogP contribution is -2.44. The average Bonchev–Trinajstić information content (AvgIpc) is 3.43. The highest BCUT2D eigenvalue weighted by molar-refractivity contribution is 5.76. The molecule has 0 saturated heterocycles. The van der Waals surface area contributed by atoms with Crippen molar-refractivity contribution in [2.75, 3.05) is 0 Å². The molecule has 154 valence electrons. The van der Waals surface area contributed by atoms with E-state index >= 15 is 0 Å². The second-order valence-corrected chi connectivity index (χ2v) is 6.80. The van der Waals surface area contributed by atoms with Crippen LogP contribution in [-0.4, -0.2) is 24.6 Å². The van der Waals surface area contributed by atoms with Gasteiger partial charge in [-0.2, -0.15) is 0 Å². The Bertz CT molecular complexity index is 1280. The molecule has 1 aromatic carbocycles. The number of rotatable bonds is 7. The number of aromatic nitrogens is 4. The summed E-state index contributed by atoms with van der Waals surface area (Å²) in [6.07, 6.45) is 3.04. The Morgan fingerprint density at radius 3 is 2.60 bits per heavy atom. The van der Waals surface area contributed by atoms with E-state index in [-0.39, 0.29) is 13.1 Å². The first-order valence-corrected chi connectivity index (χ1v) is 9.60. The highest BCUT2D eigenvalue weighted by Crippen LogP contribution is 2.09. The molecule has 0 bridgehead atoms. The second-order valence-electron chi connectivity index (χ2n) is 6.80. The Hall–Kier alpha value is -3.88. The summed E-state index contributed by atoms with van der Waals surface area (Å²) in [6.45, 7) is 2.42. The van der Waals surface area contributed by atoms with Crippen molar-refractivity contribution in [1.29, 1.82) is 0 Å². The van der Waals surface area contributed by atoms with Gasteiger partial charge in [0.25, 0.3) is 5.56 Å². The maximum Gasteiger partial charge on any atom is 0.333 e. The zero-order valence-electron chi connectivity index (χ0n) is 16.4. The molecule has 4 aromatic rings. The van der Waals surface area contributed by atoms with E-state index < -0.39 is 23.7 Å². The topological polar surface area (TPSA) is 104 Å². The van der Waals surface area contributed by atoms with Crippen LogP contribution < -0.4 is 16.6 Å². The van der Waals surface area contributed by atoms with Crippen molar-refractivity contribution in [2.45, 2.75) is 33.1 Å². The minimum absolute atomic E-state index is 0.175. The molecule has 0 aliphatic rings. The van der Waals surface area contributed by atoms with Crippen molar-refractivity contribution < 1.29 is 9.21 Å². The zero-order chi connectivity index (χ0) is 21.1. The molecule has 0 saturated carbocycles. The molecular formula is C21H21N5O4. The summed E-state index contributed by atoms with van der Waals surface area (Å²) >= 11 is 0. The minimum Gasteiger partial charge on any atom is -0.467 e. The molecule has 9 heteroatoms.